The van der Waals surface area contributed by atoms with Gasteiger partial charge in [-0.3, -0.25) is 9.36 Å². The molecule has 0 aliphatic heterocycles. The highest BCUT2D eigenvalue weighted by atomic mass is 16.2. The minimum atomic E-state index is -0.224. The van der Waals surface area contributed by atoms with Crippen LogP contribution in [0.15, 0.2) is 30.3 Å². The number of carbonyl (C=O) groups excluding carboxylic acids is 2. The fourth-order valence-electron chi connectivity index (χ4n) is 3.66. The molecule has 0 atom stereocenters. The van der Waals surface area contributed by atoms with Gasteiger partial charge in [0, 0.05) is 32.1 Å². The van der Waals surface area contributed by atoms with E-state index in [0.717, 1.165) is 28.5 Å². The number of nitrogens with zero attached hydrogens (tertiary/aromatic N) is 3. The molecule has 2 aromatic heterocycles. The van der Waals surface area contributed by atoms with E-state index in [4.69, 9.17) is 0 Å². The Hall–Kier alpha value is -2.76. The van der Waals surface area contributed by atoms with Gasteiger partial charge in [0.25, 0.3) is 5.91 Å². The molecule has 2 heterocycles. The molecule has 6 heteroatoms. The molecule has 0 unspecified atom stereocenters. The number of fused-ring (bicyclic) bond motifs is 3. The van der Waals surface area contributed by atoms with Gasteiger partial charge in [-0.1, -0.05) is 18.2 Å². The molecule has 1 aliphatic carbocycles. The molecule has 1 aromatic carbocycles. The summed E-state index contributed by atoms with van der Waals surface area (Å²) in [5.41, 5.74) is 3.28. The molecule has 0 spiro atoms. The molecule has 0 radical (unpaired) electrons. The highest BCUT2D eigenvalue weighted by molar-refractivity contribution is 6.14. The van der Waals surface area contributed by atoms with Gasteiger partial charge in [-0.15, -0.1) is 0 Å². The summed E-state index contributed by atoms with van der Waals surface area (Å²) >= 11 is 0. The molecule has 4 rings (SSSR count). The lowest BCUT2D eigenvalue weighted by Crippen LogP contribution is -2.35. The van der Waals surface area contributed by atoms with Crippen LogP contribution in [0.2, 0.25) is 0 Å². The van der Waals surface area contributed by atoms with E-state index < -0.39 is 0 Å². The van der Waals surface area contributed by atoms with E-state index in [9.17, 15) is 9.59 Å². The Labute approximate surface area is 158 Å². The van der Waals surface area contributed by atoms with Gasteiger partial charge in [0.1, 0.15) is 5.69 Å². The van der Waals surface area contributed by atoms with E-state index in [1.165, 1.54) is 17.7 Å². The average molecular weight is 366 g/mol. The Bertz CT molecular complexity index is 1040. The topological polar surface area (TPSA) is 59.3 Å². The Morgan fingerprint density at radius 1 is 1.19 bits per heavy atom. The maximum atomic E-state index is 13.0. The van der Waals surface area contributed by atoms with Crippen LogP contribution >= 0.6 is 0 Å². The summed E-state index contributed by atoms with van der Waals surface area (Å²) in [4.78, 5) is 27.4. The summed E-state index contributed by atoms with van der Waals surface area (Å²) in [6.07, 6.45) is 2.48. The molecule has 1 N–H and O–H groups in total. The van der Waals surface area contributed by atoms with Crippen LogP contribution in [0.1, 0.15) is 37.2 Å². The van der Waals surface area contributed by atoms with Crippen LogP contribution in [-0.4, -0.2) is 46.1 Å². The zero-order valence-electron chi connectivity index (χ0n) is 16.3. The number of hydrogen-bond donors (Lipinski definition) is 1. The van der Waals surface area contributed by atoms with E-state index in [2.05, 4.69) is 16.0 Å². The van der Waals surface area contributed by atoms with Crippen molar-refractivity contribution >= 4 is 33.9 Å². The van der Waals surface area contributed by atoms with Gasteiger partial charge >= 0.3 is 6.03 Å². The number of benzene rings is 1. The van der Waals surface area contributed by atoms with Crippen LogP contribution in [0.3, 0.4) is 0 Å². The van der Waals surface area contributed by atoms with E-state index in [1.807, 2.05) is 38.1 Å². The number of hydrogen-bond acceptors (Lipinski definition) is 2. The number of nitrogens with one attached hydrogen (secondary N) is 1. The van der Waals surface area contributed by atoms with Crippen molar-refractivity contribution in [3.8, 4) is 0 Å². The third-order valence-corrected chi connectivity index (χ3v) is 5.09. The second kappa shape index (κ2) is 6.44. The Kier molecular flexibility index (Phi) is 4.21. The van der Waals surface area contributed by atoms with Crippen molar-refractivity contribution < 1.29 is 9.59 Å². The van der Waals surface area contributed by atoms with Crippen molar-refractivity contribution in [1.29, 1.82) is 0 Å². The van der Waals surface area contributed by atoms with E-state index in [1.54, 1.807) is 18.7 Å². The molecular weight excluding hydrogens is 340 g/mol. The zero-order chi connectivity index (χ0) is 19.3. The normalized spacial score (nSPS) is 14.3. The summed E-state index contributed by atoms with van der Waals surface area (Å²) in [7, 11) is 3.42. The van der Waals surface area contributed by atoms with Crippen molar-refractivity contribution in [3.63, 3.8) is 0 Å². The maximum Gasteiger partial charge on any atom is 0.328 e. The molecule has 0 saturated heterocycles. The monoisotopic (exact) mass is 366 g/mol. The minimum Gasteiger partial charge on any atom is -0.349 e. The molecule has 0 bridgehead atoms. The third kappa shape index (κ3) is 2.99. The Balaban J connectivity index is 2.01. The number of rotatable bonds is 4. The fraction of sp³-hybridized carbons (Fsp3) is 0.429. The van der Waals surface area contributed by atoms with Gasteiger partial charge < -0.3 is 14.8 Å². The zero-order valence-corrected chi connectivity index (χ0v) is 16.3. The van der Waals surface area contributed by atoms with Gasteiger partial charge in [0.15, 0.2) is 0 Å². The molecule has 1 aliphatic rings. The molecule has 142 valence electrons. The number of aromatic nitrogens is 2. The van der Waals surface area contributed by atoms with Crippen LogP contribution in [-0.2, 0) is 6.54 Å². The quantitative estimate of drug-likeness (QED) is 0.766. The van der Waals surface area contributed by atoms with Gasteiger partial charge in [0.2, 0.25) is 0 Å². The van der Waals surface area contributed by atoms with Crippen LogP contribution in [0, 0.1) is 5.92 Å². The number of amides is 2. The molecule has 1 saturated carbocycles. The SMILES string of the molecule is CC(C)NC(=O)c1cc2c(c3ccccc3n2CC2CC2)n1C(=O)N(C)C. The molecule has 27 heavy (non-hydrogen) atoms. The van der Waals surface area contributed by atoms with Gasteiger partial charge in [-0.05, 0) is 44.7 Å². The van der Waals surface area contributed by atoms with E-state index >= 15 is 0 Å². The lowest BCUT2D eigenvalue weighted by molar-refractivity contribution is 0.0934. The second-order valence-electron chi connectivity index (χ2n) is 7.98. The summed E-state index contributed by atoms with van der Waals surface area (Å²) in [6.45, 7) is 4.76. The van der Waals surface area contributed by atoms with Crippen molar-refractivity contribution in [3.05, 3.63) is 36.0 Å². The van der Waals surface area contributed by atoms with Crippen molar-refractivity contribution in [1.82, 2.24) is 19.4 Å². The van der Waals surface area contributed by atoms with Crippen LogP contribution in [0.25, 0.3) is 21.9 Å². The van der Waals surface area contributed by atoms with Crippen molar-refractivity contribution in [2.24, 2.45) is 5.92 Å². The summed E-state index contributed by atoms with van der Waals surface area (Å²) in [5.74, 6) is 0.461. The van der Waals surface area contributed by atoms with Crippen molar-refractivity contribution in [2.45, 2.75) is 39.3 Å². The standard InChI is InChI=1S/C21H26N4O2/c1-13(2)22-20(26)18-11-17-19(25(18)21(27)23(3)4)15-7-5-6-8-16(15)24(17)12-14-9-10-14/h5-8,11,13-14H,9-10,12H2,1-4H3,(H,22,26). The molecular formula is C21H26N4O2. The predicted octanol–water partition coefficient (Wildman–Crippen LogP) is 3.67. The largest absolute Gasteiger partial charge is 0.349 e. The Morgan fingerprint density at radius 2 is 1.89 bits per heavy atom. The molecule has 2 amide bonds. The molecule has 1 fully saturated rings. The van der Waals surface area contributed by atoms with Crippen LogP contribution in [0.4, 0.5) is 4.79 Å². The second-order valence-corrected chi connectivity index (χ2v) is 7.98. The first-order chi connectivity index (χ1) is 12.9. The van der Waals surface area contributed by atoms with Crippen molar-refractivity contribution in [2.75, 3.05) is 14.1 Å². The molecule has 6 nitrogen and oxygen atoms in total. The van der Waals surface area contributed by atoms with Crippen LogP contribution < -0.4 is 5.32 Å². The first-order valence-corrected chi connectivity index (χ1v) is 9.53. The minimum absolute atomic E-state index is 0.00000192. The summed E-state index contributed by atoms with van der Waals surface area (Å²) in [6, 6.07) is 9.79. The average Bonchev–Trinajstić information content (AvgIpc) is 3.27. The lowest BCUT2D eigenvalue weighted by Gasteiger charge is -2.15. The third-order valence-electron chi connectivity index (χ3n) is 5.09. The van der Waals surface area contributed by atoms with E-state index in [0.29, 0.717) is 11.6 Å². The van der Waals surface area contributed by atoms with Crippen LogP contribution in [0.5, 0.6) is 0 Å². The lowest BCUT2D eigenvalue weighted by atomic mass is 10.2. The summed E-state index contributed by atoms with van der Waals surface area (Å²) < 4.78 is 3.84. The van der Waals surface area contributed by atoms with Gasteiger partial charge in [-0.25, -0.2) is 4.79 Å². The van der Waals surface area contributed by atoms with Gasteiger partial charge in [-0.2, -0.15) is 0 Å². The van der Waals surface area contributed by atoms with E-state index in [-0.39, 0.29) is 18.0 Å². The maximum absolute atomic E-state index is 13.0. The van der Waals surface area contributed by atoms with Gasteiger partial charge in [0.05, 0.1) is 16.6 Å². The highest BCUT2D eigenvalue weighted by Crippen LogP contribution is 2.37. The molecule has 3 aromatic rings. The first kappa shape index (κ1) is 17.6. The fourth-order valence-corrected chi connectivity index (χ4v) is 3.66. The predicted molar refractivity (Wildman–Crippen MR) is 107 cm³/mol. The summed E-state index contributed by atoms with van der Waals surface area (Å²) in [5, 5.41) is 3.93. The smallest absolute Gasteiger partial charge is 0.328 e. The highest BCUT2D eigenvalue weighted by Gasteiger charge is 2.29. The number of para-hydroxylation sites is 1. The number of carbonyl (C=O) groups is 2. The first-order valence-electron chi connectivity index (χ1n) is 9.53. The Morgan fingerprint density at radius 3 is 2.52 bits per heavy atom.